The molecule has 5 heteroatoms. The second-order valence-electron chi connectivity index (χ2n) is 3.58. The van der Waals surface area contributed by atoms with Crippen molar-refractivity contribution in [2.75, 3.05) is 13.2 Å². The summed E-state index contributed by atoms with van der Waals surface area (Å²) in [7, 11) is 0. The number of aliphatic hydroxyl groups excluding tert-OH is 1. The molecule has 5 nitrogen and oxygen atoms in total. The third-order valence-corrected chi connectivity index (χ3v) is 2.29. The molecule has 0 spiro atoms. The van der Waals surface area contributed by atoms with E-state index >= 15 is 0 Å². The second kappa shape index (κ2) is 4.34. The molecule has 0 saturated carbocycles. The summed E-state index contributed by atoms with van der Waals surface area (Å²) in [5.41, 5.74) is 5.35. The maximum absolute atomic E-state index is 9.09. The number of hydrogen-bond donors (Lipinski definition) is 2. The fourth-order valence-electron chi connectivity index (χ4n) is 0.978. The van der Waals surface area contributed by atoms with Crippen molar-refractivity contribution < 1.29 is 5.11 Å². The van der Waals surface area contributed by atoms with Gasteiger partial charge in [-0.2, -0.15) is 5.10 Å². The van der Waals surface area contributed by atoms with Crippen LogP contribution in [0.5, 0.6) is 0 Å². The number of aromatic nitrogens is 3. The second-order valence-corrected chi connectivity index (χ2v) is 3.58. The Balaban J connectivity index is 2.41. The molecular formula is C8H16N4O. The lowest BCUT2D eigenvalue weighted by atomic mass is 9.88. The standard InChI is InChI=1S/C8H16N4O/c1-8(4-9,5-13)2-3-12-7-10-6-11-12/h6-7,13H,2-5,9H2,1H3. The molecule has 0 bridgehead atoms. The lowest BCUT2D eigenvalue weighted by molar-refractivity contribution is 0.133. The van der Waals surface area contributed by atoms with Crippen LogP contribution in [-0.2, 0) is 6.54 Å². The average Bonchev–Trinajstić information content (AvgIpc) is 2.67. The van der Waals surface area contributed by atoms with E-state index in [4.69, 9.17) is 10.8 Å². The number of aryl methyl sites for hydroxylation is 1. The molecule has 0 radical (unpaired) electrons. The summed E-state index contributed by atoms with van der Waals surface area (Å²) in [6.07, 6.45) is 3.97. The van der Waals surface area contributed by atoms with E-state index in [-0.39, 0.29) is 12.0 Å². The molecule has 1 heterocycles. The van der Waals surface area contributed by atoms with E-state index in [1.54, 1.807) is 11.0 Å². The van der Waals surface area contributed by atoms with Crippen LogP contribution >= 0.6 is 0 Å². The van der Waals surface area contributed by atoms with E-state index in [1.807, 2.05) is 6.92 Å². The minimum atomic E-state index is -0.202. The van der Waals surface area contributed by atoms with Gasteiger partial charge < -0.3 is 10.8 Å². The summed E-state index contributed by atoms with van der Waals surface area (Å²) in [5.74, 6) is 0. The van der Waals surface area contributed by atoms with Gasteiger partial charge in [0.25, 0.3) is 0 Å². The molecule has 1 unspecified atom stereocenters. The lowest BCUT2D eigenvalue weighted by Crippen LogP contribution is -2.32. The Kier molecular flexibility index (Phi) is 3.39. The van der Waals surface area contributed by atoms with Gasteiger partial charge >= 0.3 is 0 Å². The van der Waals surface area contributed by atoms with Gasteiger partial charge in [0, 0.05) is 18.6 Å². The molecule has 0 aliphatic rings. The predicted molar refractivity (Wildman–Crippen MR) is 48.9 cm³/mol. The normalized spacial score (nSPS) is 15.6. The minimum absolute atomic E-state index is 0.109. The molecule has 13 heavy (non-hydrogen) atoms. The number of aliphatic hydroxyl groups is 1. The summed E-state index contributed by atoms with van der Waals surface area (Å²) in [6, 6.07) is 0. The zero-order chi connectivity index (χ0) is 9.73. The predicted octanol–water partition coefficient (Wildman–Crippen LogP) is -0.375. The van der Waals surface area contributed by atoms with Crippen LogP contribution in [0.15, 0.2) is 12.7 Å². The van der Waals surface area contributed by atoms with Crippen LogP contribution in [0.1, 0.15) is 13.3 Å². The van der Waals surface area contributed by atoms with Crippen LogP contribution in [0.25, 0.3) is 0 Å². The molecule has 1 atom stereocenters. The Morgan fingerprint density at radius 1 is 1.62 bits per heavy atom. The molecule has 74 valence electrons. The minimum Gasteiger partial charge on any atom is -0.396 e. The van der Waals surface area contributed by atoms with Crippen molar-refractivity contribution in [3.63, 3.8) is 0 Å². The molecule has 1 aromatic rings. The fraction of sp³-hybridized carbons (Fsp3) is 0.750. The smallest absolute Gasteiger partial charge is 0.137 e. The number of hydrogen-bond acceptors (Lipinski definition) is 4. The molecule has 0 amide bonds. The highest BCUT2D eigenvalue weighted by molar-refractivity contribution is 4.74. The van der Waals surface area contributed by atoms with E-state index in [0.717, 1.165) is 13.0 Å². The largest absolute Gasteiger partial charge is 0.396 e. The number of rotatable bonds is 5. The van der Waals surface area contributed by atoms with E-state index in [2.05, 4.69) is 10.1 Å². The molecule has 0 aromatic carbocycles. The maximum atomic E-state index is 9.09. The van der Waals surface area contributed by atoms with E-state index < -0.39 is 0 Å². The Hall–Kier alpha value is -0.940. The quantitative estimate of drug-likeness (QED) is 0.654. The van der Waals surface area contributed by atoms with Crippen LogP contribution in [0.3, 0.4) is 0 Å². The zero-order valence-electron chi connectivity index (χ0n) is 7.85. The maximum Gasteiger partial charge on any atom is 0.137 e. The Bertz CT molecular complexity index is 230. The van der Waals surface area contributed by atoms with Gasteiger partial charge in [-0.1, -0.05) is 6.92 Å². The Morgan fingerprint density at radius 3 is 2.85 bits per heavy atom. The van der Waals surface area contributed by atoms with Crippen molar-refractivity contribution in [2.45, 2.75) is 19.9 Å². The van der Waals surface area contributed by atoms with Gasteiger partial charge in [-0.25, -0.2) is 4.98 Å². The third-order valence-electron chi connectivity index (χ3n) is 2.29. The van der Waals surface area contributed by atoms with Gasteiger partial charge in [0.05, 0.1) is 0 Å². The van der Waals surface area contributed by atoms with Crippen LogP contribution in [0.4, 0.5) is 0 Å². The molecule has 0 aliphatic heterocycles. The van der Waals surface area contributed by atoms with Crippen molar-refractivity contribution in [2.24, 2.45) is 11.1 Å². The Morgan fingerprint density at radius 2 is 2.38 bits per heavy atom. The highest BCUT2D eigenvalue weighted by atomic mass is 16.3. The van der Waals surface area contributed by atoms with Crippen molar-refractivity contribution in [1.82, 2.24) is 14.8 Å². The van der Waals surface area contributed by atoms with Gasteiger partial charge in [-0.3, -0.25) is 4.68 Å². The van der Waals surface area contributed by atoms with Crippen molar-refractivity contribution in [3.8, 4) is 0 Å². The van der Waals surface area contributed by atoms with Gasteiger partial charge in [0.15, 0.2) is 0 Å². The Labute approximate surface area is 77.6 Å². The van der Waals surface area contributed by atoms with E-state index in [0.29, 0.717) is 6.54 Å². The number of nitrogens with two attached hydrogens (primary N) is 1. The topological polar surface area (TPSA) is 77.0 Å². The molecule has 0 fully saturated rings. The van der Waals surface area contributed by atoms with Gasteiger partial charge in [-0.05, 0) is 13.0 Å². The zero-order valence-corrected chi connectivity index (χ0v) is 7.85. The van der Waals surface area contributed by atoms with Gasteiger partial charge in [-0.15, -0.1) is 0 Å². The average molecular weight is 184 g/mol. The van der Waals surface area contributed by atoms with Crippen LogP contribution in [0, 0.1) is 5.41 Å². The molecule has 0 aliphatic carbocycles. The first kappa shape index (κ1) is 10.1. The summed E-state index contributed by atoms with van der Waals surface area (Å²) < 4.78 is 1.74. The van der Waals surface area contributed by atoms with Crippen LogP contribution in [0.2, 0.25) is 0 Å². The fourth-order valence-corrected chi connectivity index (χ4v) is 0.978. The number of nitrogens with zero attached hydrogens (tertiary/aromatic N) is 3. The van der Waals surface area contributed by atoms with E-state index in [1.165, 1.54) is 6.33 Å². The molecule has 0 saturated heterocycles. The van der Waals surface area contributed by atoms with E-state index in [9.17, 15) is 0 Å². The first-order valence-corrected chi connectivity index (χ1v) is 4.33. The van der Waals surface area contributed by atoms with Crippen molar-refractivity contribution in [1.29, 1.82) is 0 Å². The summed E-state index contributed by atoms with van der Waals surface area (Å²) >= 11 is 0. The summed E-state index contributed by atoms with van der Waals surface area (Å²) in [6.45, 7) is 3.30. The molecule has 3 N–H and O–H groups in total. The summed E-state index contributed by atoms with van der Waals surface area (Å²) in [5, 5.41) is 13.1. The lowest BCUT2D eigenvalue weighted by Gasteiger charge is -2.24. The van der Waals surface area contributed by atoms with Crippen LogP contribution < -0.4 is 5.73 Å². The summed E-state index contributed by atoms with van der Waals surface area (Å²) in [4.78, 5) is 3.83. The van der Waals surface area contributed by atoms with Crippen molar-refractivity contribution >= 4 is 0 Å². The SMILES string of the molecule is CC(CN)(CO)CCn1cncn1. The molecular weight excluding hydrogens is 168 g/mol. The van der Waals surface area contributed by atoms with Gasteiger partial charge in [0.2, 0.25) is 0 Å². The van der Waals surface area contributed by atoms with Crippen molar-refractivity contribution in [3.05, 3.63) is 12.7 Å². The highest BCUT2D eigenvalue weighted by Gasteiger charge is 2.20. The van der Waals surface area contributed by atoms with Crippen LogP contribution in [-0.4, -0.2) is 33.0 Å². The van der Waals surface area contributed by atoms with Gasteiger partial charge in [0.1, 0.15) is 12.7 Å². The third kappa shape index (κ3) is 2.78. The first-order valence-electron chi connectivity index (χ1n) is 4.33. The monoisotopic (exact) mass is 184 g/mol. The highest BCUT2D eigenvalue weighted by Crippen LogP contribution is 2.18. The first-order chi connectivity index (χ1) is 6.20. The molecule has 1 aromatic heterocycles. The molecule has 1 rings (SSSR count).